The number of nitrogens with zero attached hydrogens (tertiary/aromatic N) is 1. The van der Waals surface area contributed by atoms with Crippen LogP contribution >= 0.6 is 31.9 Å². The average molecular weight is 293 g/mol. The number of allylic oxidation sites excluding steroid dienone is 3. The fraction of sp³-hybridized carbons (Fsp3) is 0.250. The molecular weight excluding hydrogens is 286 g/mol. The molecule has 0 amide bonds. The highest BCUT2D eigenvalue weighted by Crippen LogP contribution is 2.16. The predicted octanol–water partition coefficient (Wildman–Crippen LogP) is 3.11. The molecule has 1 aliphatic heterocycles. The van der Waals surface area contributed by atoms with E-state index in [9.17, 15) is 0 Å². The number of rotatable bonds is 1. The Morgan fingerprint density at radius 1 is 1.58 bits per heavy atom. The van der Waals surface area contributed by atoms with E-state index in [0.717, 1.165) is 16.7 Å². The molecule has 2 nitrogen and oxygen atoms in total. The second-order valence-corrected chi connectivity index (χ2v) is 3.78. The van der Waals surface area contributed by atoms with Gasteiger partial charge in [-0.1, -0.05) is 5.73 Å². The molecule has 12 heavy (non-hydrogen) atoms. The molecule has 0 aromatic carbocycles. The molecule has 0 saturated carbocycles. The Morgan fingerprint density at radius 2 is 2.33 bits per heavy atom. The molecule has 0 bridgehead atoms. The second-order valence-electron chi connectivity index (χ2n) is 2.07. The van der Waals surface area contributed by atoms with E-state index in [-0.39, 0.29) is 0 Å². The number of ether oxygens (including phenoxy) is 1. The quantitative estimate of drug-likeness (QED) is 0.681. The zero-order valence-corrected chi connectivity index (χ0v) is 9.65. The minimum atomic E-state index is 0.692. The monoisotopic (exact) mass is 291 g/mol. The summed E-state index contributed by atoms with van der Waals surface area (Å²) in [4.78, 5) is 4.04. The number of halogens is 2. The van der Waals surface area contributed by atoms with Crippen LogP contribution in [0.5, 0.6) is 0 Å². The van der Waals surface area contributed by atoms with Gasteiger partial charge in [0.05, 0.1) is 13.3 Å². The molecule has 0 radical (unpaired) electrons. The van der Waals surface area contributed by atoms with Crippen LogP contribution in [0.25, 0.3) is 0 Å². The summed E-state index contributed by atoms with van der Waals surface area (Å²) < 4.78 is 6.74. The summed E-state index contributed by atoms with van der Waals surface area (Å²) in [5.41, 5.74) is 2.95. The van der Waals surface area contributed by atoms with E-state index in [1.165, 1.54) is 0 Å². The highest BCUT2D eigenvalue weighted by molar-refractivity contribution is 9.18. The van der Waals surface area contributed by atoms with Gasteiger partial charge < -0.3 is 4.74 Å². The molecule has 64 valence electrons. The lowest BCUT2D eigenvalue weighted by Crippen LogP contribution is -1.96. The van der Waals surface area contributed by atoms with Gasteiger partial charge in [-0.3, -0.25) is 0 Å². The molecule has 0 fully saturated rings. The average Bonchev–Trinajstić information content (AvgIpc) is 2.03. The van der Waals surface area contributed by atoms with Crippen molar-refractivity contribution >= 4 is 36.5 Å². The minimum absolute atomic E-state index is 0.692. The molecule has 0 aromatic heterocycles. The van der Waals surface area contributed by atoms with Gasteiger partial charge in [0, 0.05) is 10.9 Å². The van der Waals surface area contributed by atoms with Crippen LogP contribution in [0.2, 0.25) is 0 Å². The highest BCUT2D eigenvalue weighted by atomic mass is 79.9. The summed E-state index contributed by atoms with van der Waals surface area (Å²) in [6.07, 6.45) is 4.29. The molecule has 0 N–H and O–H groups in total. The van der Waals surface area contributed by atoms with Gasteiger partial charge >= 0.3 is 0 Å². The topological polar surface area (TPSA) is 21.6 Å². The largest absolute Gasteiger partial charge is 0.494 e. The predicted molar refractivity (Wildman–Crippen MR) is 56.6 cm³/mol. The van der Waals surface area contributed by atoms with Gasteiger partial charge in [-0.05, 0) is 37.9 Å². The first-order chi connectivity index (χ1) is 5.74. The van der Waals surface area contributed by atoms with Crippen LogP contribution in [-0.4, -0.2) is 11.7 Å². The molecule has 0 unspecified atom stereocenters. The van der Waals surface area contributed by atoms with Crippen LogP contribution in [0.3, 0.4) is 0 Å². The summed E-state index contributed by atoms with van der Waals surface area (Å²) in [5, 5.41) is 0. The van der Waals surface area contributed by atoms with E-state index in [1.54, 1.807) is 13.3 Å². The zero-order valence-electron chi connectivity index (χ0n) is 6.47. The van der Waals surface area contributed by atoms with Gasteiger partial charge in [-0.15, -0.1) is 0 Å². The van der Waals surface area contributed by atoms with Crippen molar-refractivity contribution in [1.29, 1.82) is 0 Å². The summed E-state index contributed by atoms with van der Waals surface area (Å²) >= 11 is 6.62. The molecule has 0 atom stereocenters. The first-order valence-electron chi connectivity index (χ1n) is 3.31. The number of hydrogen-bond acceptors (Lipinski definition) is 2. The van der Waals surface area contributed by atoms with E-state index < -0.39 is 0 Å². The Balaban J connectivity index is 2.97. The molecule has 1 heterocycles. The van der Waals surface area contributed by atoms with Crippen molar-refractivity contribution in [3.63, 3.8) is 0 Å². The standard InChI is InChI=1S/C8H7Br2NO/c1-12-7-3-2-6(9)4-5-11-8(7)10/h3,5H,2H2,1H3. The lowest BCUT2D eigenvalue weighted by molar-refractivity contribution is 0.315. The van der Waals surface area contributed by atoms with Gasteiger partial charge in [-0.2, -0.15) is 0 Å². The maximum absolute atomic E-state index is 5.09. The first kappa shape index (κ1) is 9.78. The Morgan fingerprint density at radius 3 is 3.00 bits per heavy atom. The zero-order chi connectivity index (χ0) is 8.97. The maximum Gasteiger partial charge on any atom is 0.148 e. The van der Waals surface area contributed by atoms with Gasteiger partial charge in [0.1, 0.15) is 10.4 Å². The highest BCUT2D eigenvalue weighted by Gasteiger charge is 2.03. The summed E-state index contributed by atoms with van der Waals surface area (Å²) in [7, 11) is 1.62. The Kier molecular flexibility index (Phi) is 3.79. The van der Waals surface area contributed by atoms with Crippen molar-refractivity contribution in [2.24, 2.45) is 4.99 Å². The Labute approximate surface area is 88.0 Å². The van der Waals surface area contributed by atoms with Gasteiger partial charge in [0.25, 0.3) is 0 Å². The fourth-order valence-corrected chi connectivity index (χ4v) is 1.41. The van der Waals surface area contributed by atoms with E-state index >= 15 is 0 Å². The van der Waals surface area contributed by atoms with E-state index in [2.05, 4.69) is 42.6 Å². The third kappa shape index (κ3) is 2.63. The van der Waals surface area contributed by atoms with Crippen molar-refractivity contribution < 1.29 is 4.74 Å². The van der Waals surface area contributed by atoms with Gasteiger partial charge in [0.2, 0.25) is 0 Å². The van der Waals surface area contributed by atoms with Crippen molar-refractivity contribution in [3.05, 3.63) is 28.2 Å². The Bertz CT molecular complexity index is 298. The van der Waals surface area contributed by atoms with Crippen LogP contribution in [0, 0.1) is 0 Å². The third-order valence-electron chi connectivity index (χ3n) is 1.29. The molecule has 1 rings (SSSR count). The molecule has 0 aromatic rings. The molecule has 1 aliphatic rings. The van der Waals surface area contributed by atoms with Crippen LogP contribution < -0.4 is 0 Å². The molecule has 4 heteroatoms. The van der Waals surface area contributed by atoms with Crippen molar-refractivity contribution in [2.45, 2.75) is 6.42 Å². The summed E-state index contributed by atoms with van der Waals surface area (Å²) in [6, 6.07) is 0. The third-order valence-corrected chi connectivity index (χ3v) is 2.44. The van der Waals surface area contributed by atoms with Gasteiger partial charge in [-0.25, -0.2) is 4.99 Å². The fourth-order valence-electron chi connectivity index (χ4n) is 0.716. The second kappa shape index (κ2) is 4.65. The summed E-state index contributed by atoms with van der Waals surface area (Å²) in [5.74, 6) is 0.740. The van der Waals surface area contributed by atoms with Crippen LogP contribution in [0.1, 0.15) is 6.42 Å². The minimum Gasteiger partial charge on any atom is -0.494 e. The summed E-state index contributed by atoms with van der Waals surface area (Å²) in [6.45, 7) is 0. The maximum atomic E-state index is 5.09. The van der Waals surface area contributed by atoms with Crippen molar-refractivity contribution in [3.8, 4) is 0 Å². The van der Waals surface area contributed by atoms with Crippen molar-refractivity contribution in [1.82, 2.24) is 0 Å². The molecule has 0 aliphatic carbocycles. The van der Waals surface area contributed by atoms with Crippen molar-refractivity contribution in [2.75, 3.05) is 7.11 Å². The number of aliphatic imine (C=N–C) groups is 1. The normalized spacial score (nSPS) is 17.1. The van der Waals surface area contributed by atoms with E-state index in [1.807, 2.05) is 6.08 Å². The van der Waals surface area contributed by atoms with Crippen LogP contribution in [0.4, 0.5) is 0 Å². The smallest absolute Gasteiger partial charge is 0.148 e. The number of hydrogen-bond donors (Lipinski definition) is 0. The lowest BCUT2D eigenvalue weighted by Gasteiger charge is -2.03. The van der Waals surface area contributed by atoms with Gasteiger partial charge in [0.15, 0.2) is 0 Å². The molecule has 0 spiro atoms. The lowest BCUT2D eigenvalue weighted by atomic mass is 10.3. The SMILES string of the molecule is COC1=CCC(Br)=C=CN=C1Br. The van der Waals surface area contributed by atoms with Crippen LogP contribution in [-0.2, 0) is 4.74 Å². The van der Waals surface area contributed by atoms with E-state index in [4.69, 9.17) is 4.74 Å². The Hall–Kier alpha value is -0.310. The van der Waals surface area contributed by atoms with Crippen LogP contribution in [0.15, 0.2) is 33.2 Å². The first-order valence-corrected chi connectivity index (χ1v) is 4.90. The van der Waals surface area contributed by atoms with E-state index in [0.29, 0.717) is 4.62 Å². The molecule has 0 saturated heterocycles. The molecular formula is C8H7Br2NO. The number of methoxy groups -OCH3 is 1.